The molecule has 0 saturated carbocycles. The second-order valence-electron chi connectivity index (χ2n) is 8.81. The van der Waals surface area contributed by atoms with Gasteiger partial charge in [-0.3, -0.25) is 0 Å². The minimum absolute atomic E-state index is 1.35. The van der Waals surface area contributed by atoms with Crippen LogP contribution in [0.1, 0.15) is 22.3 Å². The Labute approximate surface area is 176 Å². The highest BCUT2D eigenvalue weighted by Crippen LogP contribution is 2.44. The monoisotopic (exact) mass is 384 g/mol. The van der Waals surface area contributed by atoms with E-state index in [2.05, 4.69) is 100 Å². The first-order valence-corrected chi connectivity index (χ1v) is 10.7. The molecule has 0 nitrogen and oxygen atoms in total. The smallest absolute Gasteiger partial charge is 0.00138 e. The molecule has 0 radical (unpaired) electrons. The minimum atomic E-state index is 1.35. The predicted molar refractivity (Wildman–Crippen MR) is 133 cm³/mol. The van der Waals surface area contributed by atoms with Crippen LogP contribution in [0.25, 0.3) is 53.9 Å². The Bertz CT molecular complexity index is 1540. The van der Waals surface area contributed by atoms with Gasteiger partial charge in [0.2, 0.25) is 0 Å². The molecule has 0 saturated heterocycles. The molecule has 6 aromatic carbocycles. The van der Waals surface area contributed by atoms with E-state index in [1.807, 2.05) is 0 Å². The standard InChI is InChI=1S/C30H24/c1-17-13-25-21-9-5-7-11-23(21)30-28-16-20(4)18(2)14-26(28)22-10-6-8-12-24(22)29(30)27(25)15-19(17)3/h5-16H,1-4H3. The molecule has 0 bridgehead atoms. The first-order chi connectivity index (χ1) is 14.5. The fourth-order valence-corrected chi connectivity index (χ4v) is 5.19. The molecule has 30 heavy (non-hydrogen) atoms. The third kappa shape index (κ3) is 2.22. The van der Waals surface area contributed by atoms with Crippen LogP contribution in [-0.2, 0) is 0 Å². The van der Waals surface area contributed by atoms with Crippen molar-refractivity contribution < 1.29 is 0 Å². The quantitative estimate of drug-likeness (QED) is 0.230. The second-order valence-corrected chi connectivity index (χ2v) is 8.81. The molecule has 0 fully saturated rings. The molecular weight excluding hydrogens is 360 g/mol. The summed E-state index contributed by atoms with van der Waals surface area (Å²) in [6.45, 7) is 8.90. The maximum atomic E-state index is 2.40. The largest absolute Gasteiger partial charge is 0.0616 e. The van der Waals surface area contributed by atoms with Gasteiger partial charge >= 0.3 is 0 Å². The predicted octanol–water partition coefficient (Wildman–Crippen LogP) is 8.69. The number of rotatable bonds is 0. The lowest BCUT2D eigenvalue weighted by molar-refractivity contribution is 1.37. The van der Waals surface area contributed by atoms with Gasteiger partial charge in [0.05, 0.1) is 0 Å². The van der Waals surface area contributed by atoms with Crippen LogP contribution in [0, 0.1) is 27.7 Å². The van der Waals surface area contributed by atoms with Crippen molar-refractivity contribution >= 4 is 53.9 Å². The summed E-state index contributed by atoms with van der Waals surface area (Å²) in [6.07, 6.45) is 0. The highest BCUT2D eigenvalue weighted by molar-refractivity contribution is 6.39. The van der Waals surface area contributed by atoms with Crippen molar-refractivity contribution in [1.82, 2.24) is 0 Å². The molecule has 0 aliphatic rings. The number of benzene rings is 6. The van der Waals surface area contributed by atoms with Crippen LogP contribution in [0.5, 0.6) is 0 Å². The molecule has 0 unspecified atom stereocenters. The van der Waals surface area contributed by atoms with Crippen LogP contribution < -0.4 is 0 Å². The van der Waals surface area contributed by atoms with Gasteiger partial charge in [0, 0.05) is 0 Å². The average molecular weight is 385 g/mol. The lowest BCUT2D eigenvalue weighted by Gasteiger charge is -2.18. The SMILES string of the molecule is Cc1cc2c3ccccc3c3c4cc(C)c(C)cc4c4ccccc4c3c2cc1C. The van der Waals surface area contributed by atoms with Crippen molar-refractivity contribution in [3.63, 3.8) is 0 Å². The maximum Gasteiger partial charge on any atom is -0.00138 e. The zero-order valence-electron chi connectivity index (χ0n) is 17.9. The van der Waals surface area contributed by atoms with Crippen LogP contribution in [0.4, 0.5) is 0 Å². The Kier molecular flexibility index (Phi) is 3.53. The van der Waals surface area contributed by atoms with Crippen molar-refractivity contribution in [1.29, 1.82) is 0 Å². The summed E-state index contributed by atoms with van der Waals surface area (Å²) in [5.74, 6) is 0. The van der Waals surface area contributed by atoms with E-state index in [0.29, 0.717) is 0 Å². The van der Waals surface area contributed by atoms with Gasteiger partial charge in [0.15, 0.2) is 0 Å². The van der Waals surface area contributed by atoms with Gasteiger partial charge in [-0.2, -0.15) is 0 Å². The highest BCUT2D eigenvalue weighted by Gasteiger charge is 2.16. The Morgan fingerprint density at radius 1 is 0.333 bits per heavy atom. The molecule has 0 N–H and O–H groups in total. The first kappa shape index (κ1) is 17.5. The van der Waals surface area contributed by atoms with Crippen LogP contribution >= 0.6 is 0 Å². The summed E-state index contributed by atoms with van der Waals surface area (Å²) in [4.78, 5) is 0. The van der Waals surface area contributed by atoms with E-state index >= 15 is 0 Å². The first-order valence-electron chi connectivity index (χ1n) is 10.7. The van der Waals surface area contributed by atoms with Crippen LogP contribution in [0.15, 0.2) is 72.8 Å². The molecule has 0 spiro atoms. The molecule has 0 aliphatic heterocycles. The van der Waals surface area contributed by atoms with Gasteiger partial charge in [-0.25, -0.2) is 0 Å². The van der Waals surface area contributed by atoms with Gasteiger partial charge < -0.3 is 0 Å². The van der Waals surface area contributed by atoms with E-state index in [1.165, 1.54) is 76.1 Å². The molecule has 6 aromatic rings. The van der Waals surface area contributed by atoms with Crippen molar-refractivity contribution in [3.05, 3.63) is 95.1 Å². The summed E-state index contributed by atoms with van der Waals surface area (Å²) in [7, 11) is 0. The lowest BCUT2D eigenvalue weighted by atomic mass is 9.85. The molecular formula is C30H24. The number of aryl methyl sites for hydroxylation is 4. The van der Waals surface area contributed by atoms with Crippen molar-refractivity contribution in [3.8, 4) is 0 Å². The normalized spacial score (nSPS) is 12.0. The lowest BCUT2D eigenvalue weighted by Crippen LogP contribution is -1.91. The molecule has 0 aliphatic carbocycles. The Balaban J connectivity index is 2.10. The highest BCUT2D eigenvalue weighted by atomic mass is 14.2. The molecule has 6 rings (SSSR count). The Hall–Kier alpha value is -3.38. The zero-order chi connectivity index (χ0) is 20.6. The van der Waals surface area contributed by atoms with E-state index < -0.39 is 0 Å². The second kappa shape index (κ2) is 6.06. The van der Waals surface area contributed by atoms with E-state index in [4.69, 9.17) is 0 Å². The number of hydrogen-bond donors (Lipinski definition) is 0. The summed E-state index contributed by atoms with van der Waals surface area (Å²) < 4.78 is 0. The molecule has 0 atom stereocenters. The van der Waals surface area contributed by atoms with Gasteiger partial charge in [0.25, 0.3) is 0 Å². The zero-order valence-corrected chi connectivity index (χ0v) is 17.9. The maximum absolute atomic E-state index is 2.40. The summed E-state index contributed by atoms with van der Waals surface area (Å²) in [6, 6.07) is 27.4. The third-order valence-corrected chi connectivity index (χ3v) is 7.03. The van der Waals surface area contributed by atoms with E-state index in [1.54, 1.807) is 0 Å². The molecule has 0 aromatic heterocycles. The number of hydrogen-bond acceptors (Lipinski definition) is 0. The average Bonchev–Trinajstić information content (AvgIpc) is 2.76. The van der Waals surface area contributed by atoms with Crippen LogP contribution in [0.3, 0.4) is 0 Å². The van der Waals surface area contributed by atoms with Gasteiger partial charge in [-0.05, 0) is 104 Å². The van der Waals surface area contributed by atoms with Crippen molar-refractivity contribution in [2.75, 3.05) is 0 Å². The summed E-state index contributed by atoms with van der Waals surface area (Å²) in [5, 5.41) is 13.6. The minimum Gasteiger partial charge on any atom is -0.0616 e. The van der Waals surface area contributed by atoms with Crippen LogP contribution in [-0.4, -0.2) is 0 Å². The van der Waals surface area contributed by atoms with Gasteiger partial charge in [0.1, 0.15) is 0 Å². The van der Waals surface area contributed by atoms with E-state index in [0.717, 1.165) is 0 Å². The van der Waals surface area contributed by atoms with E-state index in [-0.39, 0.29) is 0 Å². The van der Waals surface area contributed by atoms with Crippen molar-refractivity contribution in [2.24, 2.45) is 0 Å². The summed E-state index contributed by atoms with van der Waals surface area (Å²) in [5.41, 5.74) is 5.40. The molecule has 0 amide bonds. The fourth-order valence-electron chi connectivity index (χ4n) is 5.19. The molecule has 0 heteroatoms. The topological polar surface area (TPSA) is 0 Å². The van der Waals surface area contributed by atoms with Crippen LogP contribution in [0.2, 0.25) is 0 Å². The Morgan fingerprint density at radius 3 is 1.00 bits per heavy atom. The van der Waals surface area contributed by atoms with Gasteiger partial charge in [-0.15, -0.1) is 0 Å². The molecule has 0 heterocycles. The van der Waals surface area contributed by atoms with E-state index in [9.17, 15) is 0 Å². The van der Waals surface area contributed by atoms with Gasteiger partial charge in [-0.1, -0.05) is 72.8 Å². The van der Waals surface area contributed by atoms with Crippen molar-refractivity contribution in [2.45, 2.75) is 27.7 Å². The Morgan fingerprint density at radius 2 is 0.633 bits per heavy atom. The molecule has 144 valence electrons. The number of fused-ring (bicyclic) bond motifs is 11. The third-order valence-electron chi connectivity index (χ3n) is 7.03. The summed E-state index contributed by atoms with van der Waals surface area (Å²) >= 11 is 0. The fraction of sp³-hybridized carbons (Fsp3) is 0.133.